The number of carbonyl (C=O) groups is 1. The molecule has 6 nitrogen and oxygen atoms in total. The van der Waals surface area contributed by atoms with Crippen LogP contribution in [-0.2, 0) is 13.1 Å². The lowest BCUT2D eigenvalue weighted by molar-refractivity contribution is 0.0942. The number of hydrogen-bond acceptors (Lipinski definition) is 2. The van der Waals surface area contributed by atoms with Gasteiger partial charge in [0.15, 0.2) is 0 Å². The second-order valence-corrected chi connectivity index (χ2v) is 9.92. The van der Waals surface area contributed by atoms with Crippen molar-refractivity contribution in [1.29, 1.82) is 5.41 Å². The van der Waals surface area contributed by atoms with Crippen molar-refractivity contribution < 1.29 is 9.18 Å². The Hall–Kier alpha value is -3.97. The van der Waals surface area contributed by atoms with Gasteiger partial charge in [-0.3, -0.25) is 14.7 Å². The van der Waals surface area contributed by atoms with E-state index in [1.165, 1.54) is 17.8 Å². The van der Waals surface area contributed by atoms with E-state index in [1.807, 2.05) is 34.9 Å². The molecule has 0 aliphatic rings. The molecular formula is C29H33FN5O+. The normalized spacial score (nSPS) is 11.7. The third kappa shape index (κ3) is 5.16. The number of amides is 1. The lowest BCUT2D eigenvalue weighted by Crippen LogP contribution is -2.46. The van der Waals surface area contributed by atoms with E-state index >= 15 is 0 Å². The van der Waals surface area contributed by atoms with Gasteiger partial charge in [0.05, 0.1) is 20.1 Å². The quantitative estimate of drug-likeness (QED) is 0.186. The van der Waals surface area contributed by atoms with Crippen molar-refractivity contribution in [2.24, 2.45) is 5.73 Å². The summed E-state index contributed by atoms with van der Waals surface area (Å²) in [6, 6.07) is 22.3. The number of nitrogens with two attached hydrogens (primary N) is 1. The molecule has 1 amide bonds. The molecule has 0 fully saturated rings. The summed E-state index contributed by atoms with van der Waals surface area (Å²) in [5.74, 6) is -0.611. The predicted octanol–water partition coefficient (Wildman–Crippen LogP) is 5.02. The highest BCUT2D eigenvalue weighted by atomic mass is 19.1. The number of nitrogens with zero attached hydrogens (tertiary/aromatic N) is 2. The number of nitrogens with one attached hydrogen (secondary N) is 2. The molecule has 0 radical (unpaired) electrons. The van der Waals surface area contributed by atoms with Gasteiger partial charge in [-0.2, -0.15) is 0 Å². The van der Waals surface area contributed by atoms with Crippen LogP contribution in [0, 0.1) is 11.2 Å². The Morgan fingerprint density at radius 3 is 2.42 bits per heavy atom. The lowest BCUT2D eigenvalue weighted by Gasteiger charge is -2.33. The van der Waals surface area contributed by atoms with Crippen LogP contribution in [-0.4, -0.2) is 36.4 Å². The second kappa shape index (κ2) is 9.95. The summed E-state index contributed by atoms with van der Waals surface area (Å²) in [6.07, 6.45) is 0. The first-order valence-corrected chi connectivity index (χ1v) is 12.0. The third-order valence-corrected chi connectivity index (χ3v) is 7.02. The zero-order chi connectivity index (χ0) is 26.0. The Morgan fingerprint density at radius 2 is 1.75 bits per heavy atom. The first kappa shape index (κ1) is 25.1. The molecule has 4 N–H and O–H groups in total. The van der Waals surface area contributed by atoms with E-state index in [1.54, 1.807) is 18.2 Å². The molecule has 0 aliphatic heterocycles. The van der Waals surface area contributed by atoms with E-state index in [0.29, 0.717) is 35.8 Å². The fourth-order valence-corrected chi connectivity index (χ4v) is 4.19. The molecule has 3 aromatic carbocycles. The van der Waals surface area contributed by atoms with E-state index in [9.17, 15) is 9.18 Å². The Labute approximate surface area is 211 Å². The SMILES string of the molecule is CC(C)[N+](C)(C)c1ccc(CNC(=O)c2cc3cc(F)ccc3n2Cc2cccc(C(=N)N)c2)cc1. The van der Waals surface area contributed by atoms with E-state index in [4.69, 9.17) is 11.1 Å². The summed E-state index contributed by atoms with van der Waals surface area (Å²) in [7, 11) is 4.35. The summed E-state index contributed by atoms with van der Waals surface area (Å²) >= 11 is 0. The van der Waals surface area contributed by atoms with Crippen LogP contribution < -0.4 is 15.5 Å². The molecule has 0 unspecified atom stereocenters. The summed E-state index contributed by atoms with van der Waals surface area (Å²) in [5, 5.41) is 11.4. The Morgan fingerprint density at radius 1 is 1.03 bits per heavy atom. The highest BCUT2D eigenvalue weighted by molar-refractivity contribution is 5.99. The van der Waals surface area contributed by atoms with Gasteiger partial charge in [-0.05, 0) is 67.4 Å². The van der Waals surface area contributed by atoms with Crippen molar-refractivity contribution >= 4 is 28.3 Å². The number of carbonyl (C=O) groups excluding carboxylic acids is 1. The molecule has 0 saturated carbocycles. The summed E-state index contributed by atoms with van der Waals surface area (Å²) in [4.78, 5) is 13.3. The maximum Gasteiger partial charge on any atom is 0.268 e. The molecule has 0 saturated heterocycles. The fourth-order valence-electron chi connectivity index (χ4n) is 4.19. The van der Waals surface area contributed by atoms with Crippen LogP contribution in [0.1, 0.15) is 41.0 Å². The van der Waals surface area contributed by atoms with Crippen LogP contribution in [0.3, 0.4) is 0 Å². The number of fused-ring (bicyclic) bond motifs is 1. The van der Waals surface area contributed by atoms with Gasteiger partial charge in [0.2, 0.25) is 0 Å². The van der Waals surface area contributed by atoms with E-state index in [2.05, 4.69) is 45.4 Å². The number of amidine groups is 1. The number of hydrogen-bond donors (Lipinski definition) is 3. The number of aromatic nitrogens is 1. The minimum Gasteiger partial charge on any atom is -0.384 e. The average molecular weight is 487 g/mol. The molecule has 0 spiro atoms. The monoisotopic (exact) mass is 486 g/mol. The highest BCUT2D eigenvalue weighted by Gasteiger charge is 2.23. The van der Waals surface area contributed by atoms with Gasteiger partial charge in [-0.25, -0.2) is 4.39 Å². The Kier molecular flexibility index (Phi) is 6.95. The summed E-state index contributed by atoms with van der Waals surface area (Å²) in [6.45, 7) is 5.14. The molecule has 0 bridgehead atoms. The number of quaternary nitrogens is 1. The Balaban J connectivity index is 1.59. The molecule has 36 heavy (non-hydrogen) atoms. The van der Waals surface area contributed by atoms with Crippen molar-refractivity contribution in [2.75, 3.05) is 14.1 Å². The third-order valence-electron chi connectivity index (χ3n) is 7.02. The van der Waals surface area contributed by atoms with Crippen LogP contribution in [0.4, 0.5) is 10.1 Å². The van der Waals surface area contributed by atoms with Crippen LogP contribution in [0.25, 0.3) is 10.9 Å². The van der Waals surface area contributed by atoms with E-state index in [-0.39, 0.29) is 17.6 Å². The minimum absolute atomic E-state index is 0.0177. The standard InChI is InChI=1S/C29H32FN5O/c1-19(2)35(3,4)25-11-8-20(9-12-25)17-33-29(36)27-16-23-15-24(30)10-13-26(23)34(27)18-21-6-5-7-22(14-21)28(31)32/h5-16,19H,17-18H2,1-4H3,(H3-,31,32,33,36)/p+1. The molecular weight excluding hydrogens is 453 g/mol. The van der Waals surface area contributed by atoms with Crippen molar-refractivity contribution in [1.82, 2.24) is 14.4 Å². The fraction of sp³-hybridized carbons (Fsp3) is 0.241. The molecule has 186 valence electrons. The minimum atomic E-state index is -0.354. The van der Waals surface area contributed by atoms with Crippen molar-refractivity contribution in [3.8, 4) is 0 Å². The number of nitrogen functional groups attached to an aromatic ring is 1. The van der Waals surface area contributed by atoms with Crippen LogP contribution in [0.15, 0.2) is 72.8 Å². The first-order valence-electron chi connectivity index (χ1n) is 12.0. The molecule has 0 atom stereocenters. The lowest BCUT2D eigenvalue weighted by atomic mass is 10.1. The van der Waals surface area contributed by atoms with Gasteiger partial charge in [-0.1, -0.05) is 30.3 Å². The predicted molar refractivity (Wildman–Crippen MR) is 145 cm³/mol. The highest BCUT2D eigenvalue weighted by Crippen LogP contribution is 2.24. The zero-order valence-corrected chi connectivity index (χ0v) is 21.2. The van der Waals surface area contributed by atoms with Crippen molar-refractivity contribution in [3.63, 3.8) is 0 Å². The smallest absolute Gasteiger partial charge is 0.268 e. The maximum atomic E-state index is 13.9. The van der Waals surface area contributed by atoms with Gasteiger partial charge >= 0.3 is 0 Å². The van der Waals surface area contributed by atoms with Crippen LogP contribution in [0.2, 0.25) is 0 Å². The molecule has 0 aliphatic carbocycles. The van der Waals surface area contributed by atoms with Crippen molar-refractivity contribution in [2.45, 2.75) is 33.0 Å². The number of benzene rings is 3. The molecule has 1 aromatic heterocycles. The molecule has 4 rings (SSSR count). The van der Waals surface area contributed by atoms with Crippen LogP contribution >= 0.6 is 0 Å². The number of halogens is 1. The van der Waals surface area contributed by atoms with Gasteiger partial charge in [-0.15, -0.1) is 0 Å². The topological polar surface area (TPSA) is 83.9 Å². The first-order chi connectivity index (χ1) is 17.1. The number of rotatable bonds is 8. The van der Waals surface area contributed by atoms with Gasteiger partial charge in [0, 0.05) is 29.6 Å². The summed E-state index contributed by atoms with van der Waals surface area (Å²) < 4.78 is 16.6. The Bertz CT molecular complexity index is 1420. The largest absolute Gasteiger partial charge is 0.384 e. The van der Waals surface area contributed by atoms with Crippen molar-refractivity contribution in [3.05, 3.63) is 101 Å². The van der Waals surface area contributed by atoms with Gasteiger partial charge in [0.1, 0.15) is 23.0 Å². The second-order valence-electron chi connectivity index (χ2n) is 9.92. The summed E-state index contributed by atoms with van der Waals surface area (Å²) in [5.41, 5.74) is 10.6. The van der Waals surface area contributed by atoms with E-state index < -0.39 is 0 Å². The molecule has 1 heterocycles. The van der Waals surface area contributed by atoms with Crippen LogP contribution in [0.5, 0.6) is 0 Å². The molecule has 4 aromatic rings. The maximum absolute atomic E-state index is 13.9. The van der Waals surface area contributed by atoms with Gasteiger partial charge < -0.3 is 15.6 Å². The zero-order valence-electron chi connectivity index (χ0n) is 21.2. The molecule has 7 heteroatoms. The van der Waals surface area contributed by atoms with Gasteiger partial charge in [0.25, 0.3) is 5.91 Å². The van der Waals surface area contributed by atoms with E-state index in [0.717, 1.165) is 21.1 Å². The average Bonchev–Trinajstić information content (AvgIpc) is 3.20.